The second kappa shape index (κ2) is 51.8. The molecule has 0 rings (SSSR count). The van der Waals surface area contributed by atoms with Crippen molar-refractivity contribution in [3.63, 3.8) is 0 Å². The summed E-state index contributed by atoms with van der Waals surface area (Å²) in [6.45, 7) is 3.91. The fourth-order valence-electron chi connectivity index (χ4n) is 6.66. The summed E-state index contributed by atoms with van der Waals surface area (Å²) in [6, 6.07) is 0. The van der Waals surface area contributed by atoms with Crippen LogP contribution in [0.25, 0.3) is 0 Å². The first-order valence-electron chi connectivity index (χ1n) is 27.5. The first-order chi connectivity index (χ1) is 35.0. The predicted octanol–water partition coefficient (Wildman–Crippen LogP) is 16.5. The van der Waals surface area contributed by atoms with E-state index >= 15 is 0 Å². The van der Waals surface area contributed by atoms with Crippen LogP contribution < -0.4 is 4.89 Å². The summed E-state index contributed by atoms with van der Waals surface area (Å²) in [7, 11) is 1.11. The van der Waals surface area contributed by atoms with Gasteiger partial charge in [0.2, 0.25) is 0 Å². The van der Waals surface area contributed by atoms with Gasteiger partial charge in [-0.15, -0.1) is 0 Å². The van der Waals surface area contributed by atoms with Gasteiger partial charge in [0.05, 0.1) is 27.7 Å². The highest BCUT2D eigenvalue weighted by atomic mass is 31.2. The van der Waals surface area contributed by atoms with Gasteiger partial charge in [-0.25, -0.2) is 0 Å². The Morgan fingerprint density at radius 3 is 1.14 bits per heavy atom. The third-order valence-corrected chi connectivity index (χ3v) is 11.8. The summed E-state index contributed by atoms with van der Waals surface area (Å²) < 4.78 is 34.0. The molecule has 10 heteroatoms. The summed E-state index contributed by atoms with van der Waals surface area (Å²) in [5.41, 5.74) is 0. The molecule has 0 aromatic carbocycles. The van der Waals surface area contributed by atoms with Crippen LogP contribution in [0.2, 0.25) is 0 Å². The Labute approximate surface area is 440 Å². The zero-order valence-electron chi connectivity index (χ0n) is 45.8. The van der Waals surface area contributed by atoms with Crippen molar-refractivity contribution in [1.82, 2.24) is 0 Å². The minimum absolute atomic E-state index is 0.0479. The van der Waals surface area contributed by atoms with E-state index in [1.54, 1.807) is 0 Å². The number of esters is 2. The number of unbranched alkanes of at least 4 members (excludes halogenated alkanes) is 10. The quantitative estimate of drug-likeness (QED) is 0.0195. The molecule has 0 aliphatic carbocycles. The van der Waals surface area contributed by atoms with Crippen molar-refractivity contribution in [3.8, 4) is 0 Å². The molecule has 2 atom stereocenters. The maximum Gasteiger partial charge on any atom is 0.306 e. The molecule has 0 heterocycles. The zero-order valence-corrected chi connectivity index (χ0v) is 46.7. The first kappa shape index (κ1) is 67.9. The van der Waals surface area contributed by atoms with E-state index in [9.17, 15) is 19.0 Å². The van der Waals surface area contributed by atoms with Gasteiger partial charge in [-0.1, -0.05) is 198 Å². The normalized spacial score (nSPS) is 14.5. The molecule has 0 fully saturated rings. The highest BCUT2D eigenvalue weighted by molar-refractivity contribution is 7.45. The van der Waals surface area contributed by atoms with E-state index in [4.69, 9.17) is 18.5 Å². The van der Waals surface area contributed by atoms with E-state index in [-0.39, 0.29) is 26.1 Å². The highest BCUT2D eigenvalue weighted by Crippen LogP contribution is 2.38. The van der Waals surface area contributed by atoms with Gasteiger partial charge >= 0.3 is 11.9 Å². The number of phosphoric acid groups is 1. The summed E-state index contributed by atoms with van der Waals surface area (Å²) in [5, 5.41) is 0. The average Bonchev–Trinajstić information content (AvgIpc) is 3.34. The Morgan fingerprint density at radius 2 is 0.750 bits per heavy atom. The first-order valence-corrected chi connectivity index (χ1v) is 29.0. The van der Waals surface area contributed by atoms with E-state index < -0.39 is 32.5 Å². The van der Waals surface area contributed by atoms with Gasteiger partial charge in [-0.3, -0.25) is 14.2 Å². The summed E-state index contributed by atoms with van der Waals surface area (Å²) >= 11 is 0. The van der Waals surface area contributed by atoms with Crippen molar-refractivity contribution in [2.45, 2.75) is 187 Å². The molecular formula is C62H100NO8P. The minimum atomic E-state index is -4.66. The maximum absolute atomic E-state index is 12.8. The fourth-order valence-corrected chi connectivity index (χ4v) is 7.39. The molecule has 0 radical (unpaired) electrons. The number of carbonyl (C=O) groups is 2. The van der Waals surface area contributed by atoms with Crippen molar-refractivity contribution in [1.29, 1.82) is 0 Å². The number of likely N-dealkylation sites (N-methyl/N-ethyl adjacent to an activating group) is 1. The van der Waals surface area contributed by atoms with Gasteiger partial charge in [0.15, 0.2) is 6.10 Å². The van der Waals surface area contributed by atoms with Gasteiger partial charge in [0, 0.05) is 12.8 Å². The molecule has 0 aromatic heterocycles. The number of phosphoric ester groups is 1. The van der Waals surface area contributed by atoms with Crippen molar-refractivity contribution in [2.75, 3.05) is 47.5 Å². The summed E-state index contributed by atoms with van der Waals surface area (Å²) in [4.78, 5) is 37.7. The molecular weight excluding hydrogens is 918 g/mol. The van der Waals surface area contributed by atoms with Gasteiger partial charge < -0.3 is 27.9 Å². The minimum Gasteiger partial charge on any atom is -0.756 e. The lowest BCUT2D eigenvalue weighted by atomic mass is 10.1. The van der Waals surface area contributed by atoms with Gasteiger partial charge in [-0.05, 0) is 116 Å². The molecule has 0 aliphatic heterocycles. The lowest BCUT2D eigenvalue weighted by molar-refractivity contribution is -0.870. The van der Waals surface area contributed by atoms with Crippen LogP contribution in [0, 0.1) is 0 Å². The van der Waals surface area contributed by atoms with E-state index in [2.05, 4.69) is 160 Å². The van der Waals surface area contributed by atoms with Crippen LogP contribution in [0.15, 0.2) is 146 Å². The van der Waals surface area contributed by atoms with E-state index in [0.29, 0.717) is 23.9 Å². The molecule has 406 valence electrons. The predicted molar refractivity (Wildman–Crippen MR) is 304 cm³/mol. The summed E-state index contributed by atoms with van der Waals surface area (Å²) in [6.07, 6.45) is 76.1. The molecule has 0 bridgehead atoms. The van der Waals surface area contributed by atoms with Crippen LogP contribution in [-0.4, -0.2) is 70.0 Å². The number of allylic oxidation sites excluding steroid dienone is 24. The van der Waals surface area contributed by atoms with E-state index in [1.165, 1.54) is 25.7 Å². The lowest BCUT2D eigenvalue weighted by Gasteiger charge is -2.28. The molecule has 2 unspecified atom stereocenters. The molecule has 0 saturated heterocycles. The van der Waals surface area contributed by atoms with Crippen molar-refractivity contribution < 1.29 is 42.1 Å². The second-order valence-electron chi connectivity index (χ2n) is 18.8. The number of rotatable bonds is 48. The smallest absolute Gasteiger partial charge is 0.306 e. The van der Waals surface area contributed by atoms with Crippen LogP contribution >= 0.6 is 7.82 Å². The molecule has 0 amide bonds. The van der Waals surface area contributed by atoms with Crippen molar-refractivity contribution in [3.05, 3.63) is 146 Å². The number of carbonyl (C=O) groups excluding carboxylic acids is 2. The van der Waals surface area contributed by atoms with Crippen LogP contribution in [0.3, 0.4) is 0 Å². The number of nitrogens with zero attached hydrogens (tertiary/aromatic N) is 1. The van der Waals surface area contributed by atoms with Crippen LogP contribution in [0.5, 0.6) is 0 Å². The Hall–Kier alpha value is -4.11. The van der Waals surface area contributed by atoms with Crippen LogP contribution in [0.1, 0.15) is 181 Å². The Morgan fingerprint density at radius 1 is 0.431 bits per heavy atom. The van der Waals surface area contributed by atoms with Crippen LogP contribution in [-0.2, 0) is 32.7 Å². The molecule has 0 N–H and O–H groups in total. The van der Waals surface area contributed by atoms with Crippen LogP contribution in [0.4, 0.5) is 0 Å². The zero-order chi connectivity index (χ0) is 52.7. The summed E-state index contributed by atoms with van der Waals surface area (Å²) in [5.74, 6) is -0.906. The highest BCUT2D eigenvalue weighted by Gasteiger charge is 2.21. The Bertz CT molecular complexity index is 1720. The second-order valence-corrected chi connectivity index (χ2v) is 20.2. The maximum atomic E-state index is 12.8. The van der Waals surface area contributed by atoms with Crippen molar-refractivity contribution in [2.24, 2.45) is 0 Å². The Balaban J connectivity index is 4.25. The van der Waals surface area contributed by atoms with Gasteiger partial charge in [0.1, 0.15) is 19.8 Å². The fraction of sp³-hybridized carbons (Fsp3) is 0.581. The number of ether oxygens (including phenoxy) is 2. The third kappa shape index (κ3) is 55.2. The topological polar surface area (TPSA) is 111 Å². The SMILES string of the molecule is CC/C=C\C/C=C\C/C=C\C/C=C\C/C=C\C/C=C\C/C=C\C/C=C\CCCCCCCCCCC(=O)OC(COC(=O)CCCC/C=C\C/C=C\C/C=C\C/C=C\CC)COP(=O)([O-])OCC[N+](C)(C)C. The molecule has 0 aliphatic rings. The van der Waals surface area contributed by atoms with E-state index in [0.717, 1.165) is 116 Å². The van der Waals surface area contributed by atoms with Crippen molar-refractivity contribution >= 4 is 19.8 Å². The molecule has 0 spiro atoms. The number of quaternary nitrogens is 1. The van der Waals surface area contributed by atoms with Gasteiger partial charge in [0.25, 0.3) is 7.82 Å². The lowest BCUT2D eigenvalue weighted by Crippen LogP contribution is -2.37. The largest absolute Gasteiger partial charge is 0.756 e. The van der Waals surface area contributed by atoms with E-state index in [1.807, 2.05) is 21.1 Å². The molecule has 72 heavy (non-hydrogen) atoms. The number of hydrogen-bond acceptors (Lipinski definition) is 8. The van der Waals surface area contributed by atoms with Gasteiger partial charge in [-0.2, -0.15) is 0 Å². The number of hydrogen-bond donors (Lipinski definition) is 0. The average molecular weight is 1020 g/mol. The molecule has 0 saturated carbocycles. The molecule has 0 aromatic rings. The molecule has 9 nitrogen and oxygen atoms in total. The third-order valence-electron chi connectivity index (χ3n) is 10.9. The standard InChI is InChI=1S/C62H100NO8P/c1-6-8-10-12-14-16-18-20-22-23-24-25-26-27-28-29-30-31-32-33-34-35-36-37-38-39-41-43-45-47-49-51-53-55-62(65)71-60(59-70-72(66,67)69-57-56-63(3,4)5)58-68-61(64)54-52-50-48-46-44-42-40-21-19-17-15-13-11-9-7-2/h8-11,14-17,20-22,24-25,27-28,30-31,33-34,36-37,40,44,46,60H,6-7,12-13,18-19,23,26,29,32,35,38-39,41-43,45,47-59H2,1-5H3/b10-8-,11-9-,16-14-,17-15-,22-20-,25-24-,28-27-,31-30-,34-33-,37-36-,40-21-,46-44-. The monoisotopic (exact) mass is 1020 g/mol. The Kier molecular flexibility index (Phi) is 48.8.